The molecule has 0 fully saturated rings. The van der Waals surface area contributed by atoms with Crippen LogP contribution in [0.4, 0.5) is 10.2 Å². The molecule has 0 N–H and O–H groups in total. The number of rotatable bonds is 1. The molecule has 2 heterocycles. The molecule has 0 atom stereocenters. The third kappa shape index (κ3) is 1.94. The van der Waals surface area contributed by atoms with Gasteiger partial charge in [0.2, 0.25) is 0 Å². The largest absolute Gasteiger partial charge is 0.352 e. The molecule has 92 valence electrons. The Hall–Kier alpha value is -1.97. The summed E-state index contributed by atoms with van der Waals surface area (Å²) in [5, 5.41) is 0.909. The van der Waals surface area contributed by atoms with Crippen molar-refractivity contribution >= 4 is 16.7 Å². The first-order valence-corrected chi connectivity index (χ1v) is 6.05. The van der Waals surface area contributed by atoms with E-state index in [0.29, 0.717) is 5.52 Å². The second-order valence-electron chi connectivity index (χ2n) is 4.61. The molecule has 1 aliphatic rings. The maximum Gasteiger partial charge on any atom is 0.140 e. The van der Waals surface area contributed by atoms with E-state index in [1.54, 1.807) is 6.07 Å². The monoisotopic (exact) mass is 243 g/mol. The van der Waals surface area contributed by atoms with Crippen LogP contribution in [0, 0.1) is 5.82 Å². The van der Waals surface area contributed by atoms with E-state index in [0.717, 1.165) is 30.7 Å². The molecule has 4 heteroatoms. The maximum atomic E-state index is 13.2. The van der Waals surface area contributed by atoms with Crippen molar-refractivity contribution in [1.29, 1.82) is 0 Å². The van der Waals surface area contributed by atoms with Crippen LogP contribution in [0.25, 0.3) is 10.9 Å². The van der Waals surface area contributed by atoms with Gasteiger partial charge in [-0.1, -0.05) is 11.6 Å². The third-order valence-electron chi connectivity index (χ3n) is 3.31. The fraction of sp³-hybridized carbons (Fsp3) is 0.286. The van der Waals surface area contributed by atoms with Crippen molar-refractivity contribution in [2.45, 2.75) is 13.3 Å². The van der Waals surface area contributed by atoms with Gasteiger partial charge in [-0.2, -0.15) is 0 Å². The lowest BCUT2D eigenvalue weighted by molar-refractivity contribution is 0.629. The Kier molecular flexibility index (Phi) is 2.70. The molecule has 0 aliphatic carbocycles. The summed E-state index contributed by atoms with van der Waals surface area (Å²) in [4.78, 5) is 10.7. The van der Waals surface area contributed by atoms with Crippen molar-refractivity contribution in [2.75, 3.05) is 18.0 Å². The highest BCUT2D eigenvalue weighted by atomic mass is 19.1. The van der Waals surface area contributed by atoms with Crippen molar-refractivity contribution in [3.8, 4) is 0 Å². The Morgan fingerprint density at radius 3 is 2.94 bits per heavy atom. The lowest BCUT2D eigenvalue weighted by Gasteiger charge is -2.27. The number of nitrogens with zero attached hydrogens (tertiary/aromatic N) is 3. The standard InChI is InChI=1S/C14H14FN3/c1-10-4-6-18(7-5-10)14-12-3-2-11(15)8-13(12)16-9-17-14/h2-4,8-9H,5-7H2,1H3. The van der Waals surface area contributed by atoms with E-state index in [-0.39, 0.29) is 5.82 Å². The highest BCUT2D eigenvalue weighted by molar-refractivity contribution is 5.89. The fourth-order valence-electron chi connectivity index (χ4n) is 2.23. The summed E-state index contributed by atoms with van der Waals surface area (Å²) in [5.74, 6) is 0.630. The van der Waals surface area contributed by atoms with Crippen molar-refractivity contribution in [3.63, 3.8) is 0 Å². The average molecular weight is 243 g/mol. The first-order valence-electron chi connectivity index (χ1n) is 6.05. The topological polar surface area (TPSA) is 29.0 Å². The van der Waals surface area contributed by atoms with Crippen LogP contribution in [0.1, 0.15) is 13.3 Å². The highest BCUT2D eigenvalue weighted by Gasteiger charge is 2.14. The molecule has 1 aromatic carbocycles. The quantitative estimate of drug-likeness (QED) is 0.721. The summed E-state index contributed by atoms with van der Waals surface area (Å²) in [6.45, 7) is 3.95. The Balaban J connectivity index is 2.07. The lowest BCUT2D eigenvalue weighted by Crippen LogP contribution is -2.29. The van der Waals surface area contributed by atoms with Crippen molar-refractivity contribution in [1.82, 2.24) is 9.97 Å². The third-order valence-corrected chi connectivity index (χ3v) is 3.31. The van der Waals surface area contributed by atoms with E-state index in [4.69, 9.17) is 0 Å². The summed E-state index contributed by atoms with van der Waals surface area (Å²) in [6.07, 6.45) is 4.76. The van der Waals surface area contributed by atoms with Gasteiger partial charge in [0.25, 0.3) is 0 Å². The zero-order chi connectivity index (χ0) is 12.5. The molecule has 3 rings (SSSR count). The minimum atomic E-state index is -0.262. The molecule has 3 nitrogen and oxygen atoms in total. The van der Waals surface area contributed by atoms with E-state index in [1.165, 1.54) is 24.0 Å². The highest BCUT2D eigenvalue weighted by Crippen LogP contribution is 2.25. The fourth-order valence-corrected chi connectivity index (χ4v) is 2.23. The van der Waals surface area contributed by atoms with Crippen LogP contribution < -0.4 is 4.90 Å². The first-order chi connectivity index (χ1) is 8.74. The SMILES string of the molecule is CC1=CCN(c2ncnc3cc(F)ccc23)CC1. The van der Waals surface area contributed by atoms with Gasteiger partial charge in [0, 0.05) is 24.5 Å². The van der Waals surface area contributed by atoms with E-state index in [2.05, 4.69) is 27.9 Å². The van der Waals surface area contributed by atoms with Crippen LogP contribution in [0.2, 0.25) is 0 Å². The van der Waals surface area contributed by atoms with Crippen LogP contribution in [0.15, 0.2) is 36.2 Å². The molecule has 0 saturated heterocycles. The summed E-state index contributed by atoms with van der Waals surface area (Å²) in [5.41, 5.74) is 2.07. The van der Waals surface area contributed by atoms with Gasteiger partial charge in [0.15, 0.2) is 0 Å². The molecule has 2 aromatic rings. The van der Waals surface area contributed by atoms with Gasteiger partial charge in [-0.15, -0.1) is 0 Å². The molecule has 18 heavy (non-hydrogen) atoms. The van der Waals surface area contributed by atoms with E-state index < -0.39 is 0 Å². The zero-order valence-corrected chi connectivity index (χ0v) is 10.2. The Labute approximate surface area is 105 Å². The molecule has 0 amide bonds. The van der Waals surface area contributed by atoms with Crippen molar-refractivity contribution < 1.29 is 4.39 Å². The van der Waals surface area contributed by atoms with Gasteiger partial charge in [-0.05, 0) is 25.5 Å². The van der Waals surface area contributed by atoms with Gasteiger partial charge in [-0.3, -0.25) is 0 Å². The smallest absolute Gasteiger partial charge is 0.140 e. The van der Waals surface area contributed by atoms with Crippen LogP contribution in [-0.2, 0) is 0 Å². The summed E-state index contributed by atoms with van der Waals surface area (Å²) in [6, 6.07) is 4.66. The molecule has 0 unspecified atom stereocenters. The van der Waals surface area contributed by atoms with Crippen LogP contribution in [0.5, 0.6) is 0 Å². The van der Waals surface area contributed by atoms with Crippen molar-refractivity contribution in [3.05, 3.63) is 42.0 Å². The summed E-state index contributed by atoms with van der Waals surface area (Å²) < 4.78 is 13.2. The molecule has 0 radical (unpaired) electrons. The minimum absolute atomic E-state index is 0.262. The Bertz CT molecular complexity index is 621. The predicted molar refractivity (Wildman–Crippen MR) is 70.1 cm³/mol. The maximum absolute atomic E-state index is 13.2. The number of benzene rings is 1. The molecule has 0 spiro atoms. The van der Waals surface area contributed by atoms with Crippen molar-refractivity contribution in [2.24, 2.45) is 0 Å². The molecule has 0 bridgehead atoms. The second-order valence-corrected chi connectivity index (χ2v) is 4.61. The Morgan fingerprint density at radius 2 is 2.17 bits per heavy atom. The van der Waals surface area contributed by atoms with Gasteiger partial charge < -0.3 is 4.90 Å². The van der Waals surface area contributed by atoms with E-state index >= 15 is 0 Å². The molecular formula is C14H14FN3. The summed E-state index contributed by atoms with van der Waals surface area (Å²) >= 11 is 0. The van der Waals surface area contributed by atoms with E-state index in [1.807, 2.05) is 0 Å². The van der Waals surface area contributed by atoms with Gasteiger partial charge in [0.05, 0.1) is 5.52 Å². The van der Waals surface area contributed by atoms with Crippen LogP contribution in [0.3, 0.4) is 0 Å². The number of anilines is 1. The van der Waals surface area contributed by atoms with Crippen LogP contribution >= 0.6 is 0 Å². The second kappa shape index (κ2) is 4.37. The van der Waals surface area contributed by atoms with Crippen LogP contribution in [-0.4, -0.2) is 23.1 Å². The average Bonchev–Trinajstić information content (AvgIpc) is 2.38. The molecular weight excluding hydrogens is 229 g/mol. The number of aromatic nitrogens is 2. The lowest BCUT2D eigenvalue weighted by atomic mass is 10.1. The number of halogens is 1. The van der Waals surface area contributed by atoms with Gasteiger partial charge in [0.1, 0.15) is 18.0 Å². The first kappa shape index (κ1) is 11.1. The minimum Gasteiger partial charge on any atom is -0.352 e. The van der Waals surface area contributed by atoms with Gasteiger partial charge >= 0.3 is 0 Å². The predicted octanol–water partition coefficient (Wildman–Crippen LogP) is 2.93. The normalized spacial score (nSPS) is 15.9. The number of fused-ring (bicyclic) bond motifs is 1. The molecule has 0 saturated carbocycles. The number of hydrogen-bond donors (Lipinski definition) is 0. The van der Waals surface area contributed by atoms with E-state index in [9.17, 15) is 4.39 Å². The number of hydrogen-bond acceptors (Lipinski definition) is 3. The molecule has 1 aliphatic heterocycles. The van der Waals surface area contributed by atoms with Gasteiger partial charge in [-0.25, -0.2) is 14.4 Å². The Morgan fingerprint density at radius 1 is 1.28 bits per heavy atom. The molecule has 1 aromatic heterocycles. The zero-order valence-electron chi connectivity index (χ0n) is 10.2. The summed E-state index contributed by atoms with van der Waals surface area (Å²) in [7, 11) is 0.